The molecule has 1 N–H and O–H groups in total. The van der Waals surface area contributed by atoms with Crippen LogP contribution in [0.1, 0.15) is 30.1 Å². The Hall–Kier alpha value is -2.77. The molecule has 0 saturated heterocycles. The Morgan fingerprint density at radius 1 is 1.20 bits per heavy atom. The minimum absolute atomic E-state index is 0.158. The van der Waals surface area contributed by atoms with Crippen LogP contribution in [0.3, 0.4) is 0 Å². The molecule has 0 spiro atoms. The van der Waals surface area contributed by atoms with Gasteiger partial charge in [-0.3, -0.25) is 14.5 Å². The Labute approximate surface area is 183 Å². The van der Waals surface area contributed by atoms with Crippen molar-refractivity contribution >= 4 is 52.4 Å². The maximum atomic E-state index is 12.6. The fourth-order valence-electron chi connectivity index (χ4n) is 2.84. The zero-order valence-corrected chi connectivity index (χ0v) is 17.8. The molecule has 2 aromatic rings. The molecule has 2 aromatic carbocycles. The zero-order valence-electron chi connectivity index (χ0n) is 16.2. The summed E-state index contributed by atoms with van der Waals surface area (Å²) in [6.45, 7) is 1.87. The van der Waals surface area contributed by atoms with Gasteiger partial charge in [0.2, 0.25) is 5.91 Å². The van der Waals surface area contributed by atoms with Crippen molar-refractivity contribution in [2.24, 2.45) is 0 Å². The van der Waals surface area contributed by atoms with Gasteiger partial charge in [-0.1, -0.05) is 36.5 Å². The molecular formula is C21H20Cl2N2O5. The van der Waals surface area contributed by atoms with E-state index in [1.54, 1.807) is 24.3 Å². The van der Waals surface area contributed by atoms with Gasteiger partial charge < -0.3 is 14.8 Å². The summed E-state index contributed by atoms with van der Waals surface area (Å²) in [4.78, 5) is 38.3. The maximum absolute atomic E-state index is 12.6. The fraction of sp³-hybridized carbons (Fsp3) is 0.286. The minimum atomic E-state index is -0.559. The van der Waals surface area contributed by atoms with E-state index in [9.17, 15) is 14.4 Å². The molecule has 3 rings (SSSR count). The molecule has 9 heteroatoms. The third-order valence-electron chi connectivity index (χ3n) is 4.37. The van der Waals surface area contributed by atoms with Gasteiger partial charge in [0.1, 0.15) is 12.3 Å². The molecule has 0 aromatic heterocycles. The summed E-state index contributed by atoms with van der Waals surface area (Å²) < 4.78 is 10.5. The smallest absolute Gasteiger partial charge is 0.339 e. The van der Waals surface area contributed by atoms with Gasteiger partial charge in [0.05, 0.1) is 22.9 Å². The second-order valence-electron chi connectivity index (χ2n) is 6.61. The van der Waals surface area contributed by atoms with E-state index in [1.807, 2.05) is 6.92 Å². The van der Waals surface area contributed by atoms with Gasteiger partial charge in [0.25, 0.3) is 5.91 Å². The molecule has 7 nitrogen and oxygen atoms in total. The van der Waals surface area contributed by atoms with Crippen LogP contribution in [0.15, 0.2) is 36.4 Å². The van der Waals surface area contributed by atoms with E-state index in [-0.39, 0.29) is 29.6 Å². The maximum Gasteiger partial charge on any atom is 0.339 e. The number of esters is 1. The van der Waals surface area contributed by atoms with Crippen LogP contribution in [0.2, 0.25) is 10.0 Å². The molecule has 0 unspecified atom stereocenters. The van der Waals surface area contributed by atoms with Crippen molar-refractivity contribution in [3.63, 3.8) is 0 Å². The van der Waals surface area contributed by atoms with Crippen molar-refractivity contribution < 1.29 is 23.9 Å². The second-order valence-corrected chi connectivity index (χ2v) is 7.46. The molecule has 2 amide bonds. The highest BCUT2D eigenvalue weighted by Crippen LogP contribution is 2.34. The van der Waals surface area contributed by atoms with Gasteiger partial charge in [-0.25, -0.2) is 4.79 Å². The lowest BCUT2D eigenvalue weighted by Gasteiger charge is -2.29. The summed E-state index contributed by atoms with van der Waals surface area (Å²) in [6, 6.07) is 9.36. The molecule has 0 fully saturated rings. The van der Waals surface area contributed by atoms with Crippen molar-refractivity contribution in [1.29, 1.82) is 0 Å². The second kappa shape index (κ2) is 9.82. The van der Waals surface area contributed by atoms with Crippen LogP contribution in [0.5, 0.6) is 5.75 Å². The highest BCUT2D eigenvalue weighted by molar-refractivity contribution is 6.33. The Kier molecular flexibility index (Phi) is 7.18. The number of fused-ring (bicyclic) bond motifs is 1. The number of amides is 2. The van der Waals surface area contributed by atoms with Crippen molar-refractivity contribution in [2.75, 3.05) is 30.0 Å². The summed E-state index contributed by atoms with van der Waals surface area (Å²) >= 11 is 12.1. The summed E-state index contributed by atoms with van der Waals surface area (Å²) in [7, 11) is 0. The predicted octanol–water partition coefficient (Wildman–Crippen LogP) is 4.31. The first kappa shape index (κ1) is 21.9. The standard InChI is InChI=1S/C21H20Cl2N2O5/c1-2-3-8-29-21(28)15-10-14(5-6-16(15)23)24-19(26)11-25-17-9-13(22)4-7-18(17)30-12-20(25)27/h4-7,9-10H,2-3,8,11-12H2,1H3,(H,24,26). The third-order valence-corrected chi connectivity index (χ3v) is 4.93. The fourth-order valence-corrected chi connectivity index (χ4v) is 3.20. The number of anilines is 2. The van der Waals surface area contributed by atoms with Gasteiger partial charge in [0.15, 0.2) is 6.61 Å². The highest BCUT2D eigenvalue weighted by Gasteiger charge is 2.27. The number of carbonyl (C=O) groups excluding carboxylic acids is 3. The average molecular weight is 451 g/mol. The Morgan fingerprint density at radius 2 is 2.00 bits per heavy atom. The van der Waals surface area contributed by atoms with Crippen molar-refractivity contribution in [2.45, 2.75) is 19.8 Å². The molecule has 0 radical (unpaired) electrons. The molecule has 0 bridgehead atoms. The van der Waals surface area contributed by atoms with Gasteiger partial charge in [0, 0.05) is 10.7 Å². The number of nitrogens with zero attached hydrogens (tertiary/aromatic N) is 1. The molecule has 1 aliphatic heterocycles. The lowest BCUT2D eigenvalue weighted by atomic mass is 10.2. The van der Waals surface area contributed by atoms with Crippen LogP contribution in [0.25, 0.3) is 0 Å². The van der Waals surface area contributed by atoms with Crippen LogP contribution in [-0.2, 0) is 14.3 Å². The first-order valence-electron chi connectivity index (χ1n) is 9.38. The van der Waals surface area contributed by atoms with E-state index in [4.69, 9.17) is 32.7 Å². The number of benzene rings is 2. The van der Waals surface area contributed by atoms with Crippen LogP contribution >= 0.6 is 23.2 Å². The SMILES string of the molecule is CCCCOC(=O)c1cc(NC(=O)CN2C(=O)COc3ccc(Cl)cc32)ccc1Cl. The normalized spacial score (nSPS) is 12.8. The van der Waals surface area contributed by atoms with E-state index in [1.165, 1.54) is 17.0 Å². The number of unbranched alkanes of at least 4 members (excludes halogenated alkanes) is 1. The van der Waals surface area contributed by atoms with Crippen molar-refractivity contribution in [3.05, 3.63) is 52.0 Å². The van der Waals surface area contributed by atoms with Crippen molar-refractivity contribution in [3.8, 4) is 5.75 Å². The predicted molar refractivity (Wildman–Crippen MR) is 115 cm³/mol. The number of nitrogens with one attached hydrogen (secondary N) is 1. The summed E-state index contributed by atoms with van der Waals surface area (Å²) in [5, 5.41) is 3.31. The molecular weight excluding hydrogens is 431 g/mol. The van der Waals surface area contributed by atoms with Crippen molar-refractivity contribution in [1.82, 2.24) is 0 Å². The van der Waals surface area contributed by atoms with Gasteiger partial charge >= 0.3 is 5.97 Å². The van der Waals surface area contributed by atoms with Gasteiger partial charge in [-0.2, -0.15) is 0 Å². The van der Waals surface area contributed by atoms with E-state index < -0.39 is 11.9 Å². The molecule has 30 heavy (non-hydrogen) atoms. The molecule has 1 aliphatic rings. The topological polar surface area (TPSA) is 84.9 Å². The summed E-state index contributed by atoms with van der Waals surface area (Å²) in [5.41, 5.74) is 0.939. The Morgan fingerprint density at radius 3 is 2.77 bits per heavy atom. The quantitative estimate of drug-likeness (QED) is 0.501. The highest BCUT2D eigenvalue weighted by atomic mass is 35.5. The summed E-state index contributed by atoms with van der Waals surface area (Å²) in [6.07, 6.45) is 1.64. The number of carbonyl (C=O) groups is 3. The first-order chi connectivity index (χ1) is 14.4. The number of rotatable bonds is 7. The van der Waals surface area contributed by atoms with Crippen LogP contribution in [0, 0.1) is 0 Å². The third kappa shape index (κ3) is 5.23. The molecule has 1 heterocycles. The average Bonchev–Trinajstić information content (AvgIpc) is 2.71. The van der Waals surface area contributed by atoms with Crippen LogP contribution < -0.4 is 15.0 Å². The Bertz CT molecular complexity index is 980. The largest absolute Gasteiger partial charge is 0.482 e. The first-order valence-corrected chi connectivity index (χ1v) is 10.1. The van der Waals surface area contributed by atoms with Gasteiger partial charge in [-0.15, -0.1) is 0 Å². The number of ether oxygens (including phenoxy) is 2. The van der Waals surface area contributed by atoms with Crippen LogP contribution in [0.4, 0.5) is 11.4 Å². The minimum Gasteiger partial charge on any atom is -0.482 e. The number of hydrogen-bond donors (Lipinski definition) is 1. The summed E-state index contributed by atoms with van der Waals surface area (Å²) in [5.74, 6) is -0.910. The number of halogens is 2. The van der Waals surface area contributed by atoms with E-state index in [2.05, 4.69) is 5.32 Å². The zero-order chi connectivity index (χ0) is 21.7. The van der Waals surface area contributed by atoms with E-state index >= 15 is 0 Å². The van der Waals surface area contributed by atoms with Gasteiger partial charge in [-0.05, 0) is 42.8 Å². The molecule has 158 valence electrons. The number of hydrogen-bond acceptors (Lipinski definition) is 5. The lowest BCUT2D eigenvalue weighted by molar-refractivity contribution is -0.123. The monoisotopic (exact) mass is 450 g/mol. The van der Waals surface area contributed by atoms with E-state index in [0.717, 1.165) is 12.8 Å². The lowest BCUT2D eigenvalue weighted by Crippen LogP contribution is -2.43. The van der Waals surface area contributed by atoms with E-state index in [0.29, 0.717) is 28.8 Å². The van der Waals surface area contributed by atoms with Crippen LogP contribution in [-0.4, -0.2) is 37.5 Å². The molecule has 0 saturated carbocycles. The molecule has 0 aliphatic carbocycles. The Balaban J connectivity index is 1.71. The molecule has 0 atom stereocenters.